The number of nitrogens with one attached hydrogen (secondary N) is 2. The first kappa shape index (κ1) is 16.6. The minimum Gasteiger partial charge on any atom is -0.369 e. The van der Waals surface area contributed by atoms with Crippen molar-refractivity contribution in [1.82, 2.24) is 15.8 Å². The van der Waals surface area contributed by atoms with E-state index in [1.807, 2.05) is 12.1 Å². The minimum atomic E-state index is -0.991. The molecule has 1 saturated heterocycles. The van der Waals surface area contributed by atoms with Gasteiger partial charge in [0.25, 0.3) is 0 Å². The number of nitrogens with two attached hydrogens (primary N) is 2. The van der Waals surface area contributed by atoms with Gasteiger partial charge in [-0.05, 0) is 31.9 Å². The largest absolute Gasteiger partial charge is 0.369 e. The second kappa shape index (κ2) is 6.48. The van der Waals surface area contributed by atoms with E-state index in [-0.39, 0.29) is 0 Å². The highest BCUT2D eigenvalue weighted by Crippen LogP contribution is 2.29. The van der Waals surface area contributed by atoms with Crippen molar-refractivity contribution < 1.29 is 0 Å². The highest BCUT2D eigenvalue weighted by molar-refractivity contribution is 5.79. The number of benzene rings is 1. The Balaban J connectivity index is 1.44. The molecule has 1 aromatic carbocycles. The third-order valence-corrected chi connectivity index (χ3v) is 5.82. The zero-order valence-corrected chi connectivity index (χ0v) is 14.9. The van der Waals surface area contributed by atoms with Crippen LogP contribution < -0.4 is 27.2 Å². The predicted octanol–water partition coefficient (Wildman–Crippen LogP) is 0.631. The van der Waals surface area contributed by atoms with Crippen LogP contribution in [0.25, 0.3) is 0 Å². The van der Waals surface area contributed by atoms with E-state index in [0.29, 0.717) is 12.0 Å². The Labute approximate surface area is 149 Å². The van der Waals surface area contributed by atoms with Crippen molar-refractivity contribution in [2.75, 3.05) is 24.5 Å². The Morgan fingerprint density at radius 1 is 1.16 bits per heavy atom. The molecule has 2 aliphatic heterocycles. The van der Waals surface area contributed by atoms with Crippen LogP contribution >= 0.6 is 0 Å². The summed E-state index contributed by atoms with van der Waals surface area (Å²) in [4.78, 5) is 9.43. The van der Waals surface area contributed by atoms with Crippen molar-refractivity contribution >= 4 is 11.6 Å². The van der Waals surface area contributed by atoms with Crippen molar-refractivity contribution in [3.8, 4) is 0 Å². The third kappa shape index (κ3) is 3.19. The molecule has 2 heterocycles. The molecule has 0 spiro atoms. The predicted molar refractivity (Wildman–Crippen MR) is 101 cm³/mol. The Morgan fingerprint density at radius 3 is 2.48 bits per heavy atom. The van der Waals surface area contributed by atoms with Crippen LogP contribution in [0.1, 0.15) is 38.2 Å². The summed E-state index contributed by atoms with van der Waals surface area (Å²) in [5, 5.41) is 0. The van der Waals surface area contributed by atoms with Crippen molar-refractivity contribution in [2.24, 2.45) is 16.5 Å². The number of rotatable bonds is 3. The van der Waals surface area contributed by atoms with Crippen molar-refractivity contribution in [1.29, 1.82) is 0 Å². The number of piperazine rings is 1. The van der Waals surface area contributed by atoms with E-state index in [9.17, 15) is 0 Å². The Kier molecular flexibility index (Phi) is 4.31. The number of hydrogen-bond donors (Lipinski definition) is 4. The van der Waals surface area contributed by atoms with E-state index in [1.54, 1.807) is 0 Å². The second-order valence-electron chi connectivity index (χ2n) is 7.54. The van der Waals surface area contributed by atoms with Crippen molar-refractivity contribution in [3.63, 3.8) is 0 Å². The summed E-state index contributed by atoms with van der Waals surface area (Å²) >= 11 is 0. The molecule has 2 atom stereocenters. The van der Waals surface area contributed by atoms with Gasteiger partial charge in [-0.3, -0.25) is 16.1 Å². The zero-order valence-electron chi connectivity index (χ0n) is 14.9. The Hall–Kier alpha value is -1.83. The molecule has 0 amide bonds. The number of guanidine groups is 1. The van der Waals surface area contributed by atoms with Gasteiger partial charge in [0.05, 0.1) is 0 Å². The van der Waals surface area contributed by atoms with Crippen LogP contribution in [0.5, 0.6) is 0 Å². The molecule has 6 N–H and O–H groups in total. The quantitative estimate of drug-likeness (QED) is 0.643. The van der Waals surface area contributed by atoms with Gasteiger partial charge in [0, 0.05) is 43.0 Å². The second-order valence-corrected chi connectivity index (χ2v) is 7.54. The number of aliphatic imine (C=N–C) groups is 1. The molecule has 3 aliphatic rings. The third-order valence-electron chi connectivity index (χ3n) is 5.82. The maximum atomic E-state index is 6.25. The first-order chi connectivity index (χ1) is 12.0. The normalized spacial score (nSPS) is 31.2. The van der Waals surface area contributed by atoms with Crippen molar-refractivity contribution in [3.05, 3.63) is 29.8 Å². The van der Waals surface area contributed by atoms with Crippen LogP contribution in [-0.2, 0) is 5.79 Å². The maximum absolute atomic E-state index is 6.25. The van der Waals surface area contributed by atoms with Crippen LogP contribution in [0.4, 0.5) is 5.69 Å². The van der Waals surface area contributed by atoms with Crippen LogP contribution in [-0.4, -0.2) is 42.6 Å². The summed E-state index contributed by atoms with van der Waals surface area (Å²) in [6.07, 6.45) is 5.56. The monoisotopic (exact) mass is 343 g/mol. The number of hydrazine groups is 1. The van der Waals surface area contributed by atoms with Crippen LogP contribution in [0, 0.1) is 0 Å². The lowest BCUT2D eigenvalue weighted by Crippen LogP contribution is -2.54. The van der Waals surface area contributed by atoms with Gasteiger partial charge in [-0.25, -0.2) is 4.99 Å². The van der Waals surface area contributed by atoms with E-state index < -0.39 is 5.79 Å². The zero-order chi connectivity index (χ0) is 17.4. The van der Waals surface area contributed by atoms with Gasteiger partial charge in [-0.2, -0.15) is 5.43 Å². The molecule has 1 aliphatic carbocycles. The summed E-state index contributed by atoms with van der Waals surface area (Å²) in [6, 6.07) is 9.67. The van der Waals surface area contributed by atoms with E-state index in [2.05, 4.69) is 44.7 Å². The lowest BCUT2D eigenvalue weighted by atomic mass is 10.1. The number of anilines is 1. The molecule has 136 valence electrons. The van der Waals surface area contributed by atoms with Crippen LogP contribution in [0.2, 0.25) is 0 Å². The van der Waals surface area contributed by atoms with Gasteiger partial charge in [-0.1, -0.05) is 25.0 Å². The summed E-state index contributed by atoms with van der Waals surface area (Å²) in [6.45, 7) is 5.71. The SMILES string of the molecule is CC1CN(C2CCCC2)CCN1c1ccc(C2(N)N=C(N)NN2)cc1. The van der Waals surface area contributed by atoms with Gasteiger partial charge in [-0.15, -0.1) is 0 Å². The summed E-state index contributed by atoms with van der Waals surface area (Å²) in [5.41, 5.74) is 19.7. The first-order valence-electron chi connectivity index (χ1n) is 9.34. The number of nitrogens with zero attached hydrogens (tertiary/aromatic N) is 3. The lowest BCUT2D eigenvalue weighted by molar-refractivity contribution is 0.166. The van der Waals surface area contributed by atoms with Gasteiger partial charge >= 0.3 is 0 Å². The highest BCUT2D eigenvalue weighted by atomic mass is 15.6. The first-order valence-corrected chi connectivity index (χ1v) is 9.34. The molecule has 7 nitrogen and oxygen atoms in total. The van der Waals surface area contributed by atoms with E-state index in [0.717, 1.165) is 31.2 Å². The van der Waals surface area contributed by atoms with E-state index in [1.165, 1.54) is 31.4 Å². The topological polar surface area (TPSA) is 94.9 Å². The number of hydrogen-bond acceptors (Lipinski definition) is 7. The van der Waals surface area contributed by atoms with Crippen LogP contribution in [0.3, 0.4) is 0 Å². The molecule has 0 radical (unpaired) electrons. The highest BCUT2D eigenvalue weighted by Gasteiger charge is 2.33. The molecule has 1 aromatic rings. The average Bonchev–Trinajstić information content (AvgIpc) is 3.26. The summed E-state index contributed by atoms with van der Waals surface area (Å²) in [5.74, 6) is -0.682. The van der Waals surface area contributed by atoms with E-state index >= 15 is 0 Å². The molecular weight excluding hydrogens is 314 g/mol. The Morgan fingerprint density at radius 2 is 1.88 bits per heavy atom. The molecule has 0 bridgehead atoms. The minimum absolute atomic E-state index is 0.309. The Bertz CT molecular complexity index is 637. The van der Waals surface area contributed by atoms with Crippen molar-refractivity contribution in [2.45, 2.75) is 50.5 Å². The van der Waals surface area contributed by atoms with Gasteiger partial charge < -0.3 is 10.6 Å². The lowest BCUT2D eigenvalue weighted by Gasteiger charge is -2.43. The average molecular weight is 343 g/mol. The summed E-state index contributed by atoms with van der Waals surface area (Å²) < 4.78 is 0. The maximum Gasteiger partial charge on any atom is 0.209 e. The van der Waals surface area contributed by atoms with Gasteiger partial charge in [0.2, 0.25) is 11.7 Å². The molecule has 2 fully saturated rings. The molecule has 4 rings (SSSR count). The van der Waals surface area contributed by atoms with Crippen LogP contribution in [0.15, 0.2) is 29.3 Å². The molecular formula is C18H29N7. The standard InChI is InChI=1S/C18H29N7/c1-13-12-24(15-4-2-3-5-15)10-11-25(13)16-8-6-14(7-9-16)18(20)21-17(19)22-23-18/h6-9,13,15,23H,2-5,10-12,20H2,1H3,(H3,19,21,22). The smallest absolute Gasteiger partial charge is 0.209 e. The fourth-order valence-electron chi connectivity index (χ4n) is 4.42. The molecule has 7 heteroatoms. The molecule has 0 aromatic heterocycles. The molecule has 1 saturated carbocycles. The van der Waals surface area contributed by atoms with E-state index in [4.69, 9.17) is 11.5 Å². The fraction of sp³-hybridized carbons (Fsp3) is 0.611. The molecule has 25 heavy (non-hydrogen) atoms. The van der Waals surface area contributed by atoms with Gasteiger partial charge in [0.1, 0.15) is 0 Å². The van der Waals surface area contributed by atoms with Gasteiger partial charge in [0.15, 0.2) is 0 Å². The fourth-order valence-corrected chi connectivity index (χ4v) is 4.42. The molecule has 2 unspecified atom stereocenters. The summed E-state index contributed by atoms with van der Waals surface area (Å²) in [7, 11) is 0.